The summed E-state index contributed by atoms with van der Waals surface area (Å²) in [5, 5.41) is 0. The summed E-state index contributed by atoms with van der Waals surface area (Å²) in [6.45, 7) is 5.96. The summed E-state index contributed by atoms with van der Waals surface area (Å²) < 4.78 is 5.80. The lowest BCUT2D eigenvalue weighted by molar-refractivity contribution is 0.0730. The molecule has 0 radical (unpaired) electrons. The Morgan fingerprint density at radius 1 is 0.765 bits per heavy atom. The summed E-state index contributed by atoms with van der Waals surface area (Å²) in [6.07, 6.45) is 3.51. The number of benzene rings is 3. The van der Waals surface area contributed by atoms with Gasteiger partial charge in [0.25, 0.3) is 5.91 Å². The number of pyridine rings is 1. The van der Waals surface area contributed by atoms with E-state index in [0.29, 0.717) is 31.2 Å². The van der Waals surface area contributed by atoms with Gasteiger partial charge in [-0.05, 0) is 64.6 Å². The van der Waals surface area contributed by atoms with E-state index in [1.54, 1.807) is 12.4 Å². The van der Waals surface area contributed by atoms with Gasteiger partial charge >= 0.3 is 0 Å². The molecule has 0 atom stereocenters. The number of hydrogen-bond donors (Lipinski definition) is 0. The number of amides is 1. The van der Waals surface area contributed by atoms with E-state index in [1.807, 2.05) is 83.8 Å². The number of carbonyl (C=O) groups excluding carboxylic acids is 1. The number of hydrogen-bond acceptors (Lipinski definition) is 3. The number of carbonyl (C=O) groups is 1. The highest BCUT2D eigenvalue weighted by molar-refractivity contribution is 5.94. The molecule has 1 aromatic heterocycles. The molecule has 3 aromatic carbocycles. The van der Waals surface area contributed by atoms with Gasteiger partial charge in [-0.3, -0.25) is 9.78 Å². The second-order valence-corrected chi connectivity index (χ2v) is 8.81. The molecule has 0 saturated heterocycles. The van der Waals surface area contributed by atoms with E-state index in [0.717, 1.165) is 28.0 Å². The SMILES string of the molecule is CC(C)COc1ccc(CN(Cc2ccncc2)C(=O)c2ccc(-c3ccccc3)cc2)cc1. The van der Waals surface area contributed by atoms with Crippen molar-refractivity contribution in [3.63, 3.8) is 0 Å². The minimum atomic E-state index is -0.00319. The highest BCUT2D eigenvalue weighted by Crippen LogP contribution is 2.22. The largest absolute Gasteiger partial charge is 0.493 e. The highest BCUT2D eigenvalue weighted by Gasteiger charge is 2.17. The van der Waals surface area contributed by atoms with Crippen LogP contribution in [0.3, 0.4) is 0 Å². The minimum absolute atomic E-state index is 0.00319. The van der Waals surface area contributed by atoms with Crippen LogP contribution in [0.15, 0.2) is 103 Å². The second kappa shape index (κ2) is 11.3. The Morgan fingerprint density at radius 3 is 1.97 bits per heavy atom. The number of rotatable bonds is 9. The Hall–Kier alpha value is -3.92. The van der Waals surface area contributed by atoms with Crippen LogP contribution in [-0.4, -0.2) is 22.4 Å². The fourth-order valence-corrected chi connectivity index (χ4v) is 3.70. The molecule has 0 aliphatic carbocycles. The number of nitrogens with zero attached hydrogens (tertiary/aromatic N) is 2. The molecule has 4 aromatic rings. The van der Waals surface area contributed by atoms with Crippen molar-refractivity contribution in [2.24, 2.45) is 5.92 Å². The van der Waals surface area contributed by atoms with Crippen LogP contribution in [-0.2, 0) is 13.1 Å². The lowest BCUT2D eigenvalue weighted by atomic mass is 10.0. The lowest BCUT2D eigenvalue weighted by Gasteiger charge is -2.23. The highest BCUT2D eigenvalue weighted by atomic mass is 16.5. The number of ether oxygens (including phenoxy) is 1. The zero-order valence-corrected chi connectivity index (χ0v) is 19.7. The summed E-state index contributed by atoms with van der Waals surface area (Å²) in [5.41, 5.74) is 5.00. The van der Waals surface area contributed by atoms with E-state index in [2.05, 4.69) is 31.0 Å². The van der Waals surface area contributed by atoms with Gasteiger partial charge < -0.3 is 9.64 Å². The molecule has 0 unspecified atom stereocenters. The van der Waals surface area contributed by atoms with Gasteiger partial charge in [0.05, 0.1) is 6.61 Å². The first-order chi connectivity index (χ1) is 16.6. The van der Waals surface area contributed by atoms with Crippen molar-refractivity contribution >= 4 is 5.91 Å². The van der Waals surface area contributed by atoms with Gasteiger partial charge in [0.1, 0.15) is 5.75 Å². The van der Waals surface area contributed by atoms with Crippen molar-refractivity contribution < 1.29 is 9.53 Å². The Morgan fingerprint density at radius 2 is 1.35 bits per heavy atom. The predicted octanol–water partition coefficient (Wildman–Crippen LogP) is 6.63. The summed E-state index contributed by atoms with van der Waals surface area (Å²) in [7, 11) is 0. The third-order valence-electron chi connectivity index (χ3n) is 5.53. The molecule has 4 heteroatoms. The van der Waals surface area contributed by atoms with Crippen LogP contribution >= 0.6 is 0 Å². The zero-order valence-electron chi connectivity index (χ0n) is 19.7. The molecule has 0 aliphatic rings. The van der Waals surface area contributed by atoms with Gasteiger partial charge in [0.2, 0.25) is 0 Å². The lowest BCUT2D eigenvalue weighted by Crippen LogP contribution is -2.30. The fourth-order valence-electron chi connectivity index (χ4n) is 3.70. The van der Waals surface area contributed by atoms with Crippen molar-refractivity contribution in [1.29, 1.82) is 0 Å². The maximum Gasteiger partial charge on any atom is 0.254 e. The van der Waals surface area contributed by atoms with Crippen LogP contribution in [0.1, 0.15) is 35.3 Å². The second-order valence-electron chi connectivity index (χ2n) is 8.81. The van der Waals surface area contributed by atoms with Crippen LogP contribution in [0.4, 0.5) is 0 Å². The summed E-state index contributed by atoms with van der Waals surface area (Å²) in [5.74, 6) is 1.32. The summed E-state index contributed by atoms with van der Waals surface area (Å²) in [6, 6.07) is 29.9. The van der Waals surface area contributed by atoms with E-state index < -0.39 is 0 Å². The molecule has 172 valence electrons. The third kappa shape index (κ3) is 6.32. The molecule has 34 heavy (non-hydrogen) atoms. The van der Waals surface area contributed by atoms with Crippen LogP contribution < -0.4 is 4.74 Å². The summed E-state index contributed by atoms with van der Waals surface area (Å²) in [4.78, 5) is 19.5. The summed E-state index contributed by atoms with van der Waals surface area (Å²) >= 11 is 0. The molecule has 1 amide bonds. The molecule has 0 spiro atoms. The van der Waals surface area contributed by atoms with Crippen LogP contribution in [0.5, 0.6) is 5.75 Å². The van der Waals surface area contributed by atoms with Gasteiger partial charge in [0, 0.05) is 31.0 Å². The van der Waals surface area contributed by atoms with Gasteiger partial charge in [0.15, 0.2) is 0 Å². The Kier molecular flexibility index (Phi) is 7.71. The molecule has 1 heterocycles. The molecule has 4 nitrogen and oxygen atoms in total. The van der Waals surface area contributed by atoms with Gasteiger partial charge in [-0.1, -0.05) is 68.4 Å². The van der Waals surface area contributed by atoms with Gasteiger partial charge in [-0.15, -0.1) is 0 Å². The van der Waals surface area contributed by atoms with E-state index in [4.69, 9.17) is 4.74 Å². The molecule has 0 N–H and O–H groups in total. The monoisotopic (exact) mass is 450 g/mol. The third-order valence-corrected chi connectivity index (χ3v) is 5.53. The van der Waals surface area contributed by atoms with Crippen LogP contribution in [0.2, 0.25) is 0 Å². The van der Waals surface area contributed by atoms with Crippen LogP contribution in [0, 0.1) is 5.92 Å². The minimum Gasteiger partial charge on any atom is -0.493 e. The normalized spacial score (nSPS) is 10.8. The maximum atomic E-state index is 13.5. The van der Waals surface area contributed by atoms with Gasteiger partial charge in [-0.2, -0.15) is 0 Å². The average Bonchev–Trinajstić information content (AvgIpc) is 2.88. The molecule has 0 fully saturated rings. The van der Waals surface area contributed by atoms with E-state index in [9.17, 15) is 4.79 Å². The molecular weight excluding hydrogens is 420 g/mol. The Labute approximate surface area is 201 Å². The Balaban J connectivity index is 1.53. The Bertz CT molecular complexity index is 1170. The van der Waals surface area contributed by atoms with Crippen molar-refractivity contribution in [3.05, 3.63) is 120 Å². The fraction of sp³-hybridized carbons (Fsp3) is 0.200. The maximum absolute atomic E-state index is 13.5. The zero-order chi connectivity index (χ0) is 23.8. The standard InChI is InChI=1S/C30H30N2O2/c1-23(2)22-34-29-14-8-24(9-15-29)20-32(21-25-16-18-31-19-17-25)30(33)28-12-10-27(11-13-28)26-6-4-3-5-7-26/h3-19,23H,20-22H2,1-2H3. The first kappa shape index (κ1) is 23.2. The average molecular weight is 451 g/mol. The van der Waals surface area contributed by atoms with E-state index >= 15 is 0 Å². The van der Waals surface area contributed by atoms with E-state index in [-0.39, 0.29) is 5.91 Å². The van der Waals surface area contributed by atoms with Crippen molar-refractivity contribution in [2.75, 3.05) is 6.61 Å². The smallest absolute Gasteiger partial charge is 0.254 e. The first-order valence-electron chi connectivity index (χ1n) is 11.6. The van der Waals surface area contributed by atoms with E-state index in [1.165, 1.54) is 0 Å². The van der Waals surface area contributed by atoms with Crippen molar-refractivity contribution in [3.8, 4) is 16.9 Å². The molecular formula is C30H30N2O2. The quantitative estimate of drug-likeness (QED) is 0.288. The van der Waals surface area contributed by atoms with Gasteiger partial charge in [-0.25, -0.2) is 0 Å². The molecule has 4 rings (SSSR count). The van der Waals surface area contributed by atoms with Crippen LogP contribution in [0.25, 0.3) is 11.1 Å². The molecule has 0 bridgehead atoms. The molecule has 0 saturated carbocycles. The first-order valence-corrected chi connectivity index (χ1v) is 11.6. The number of aromatic nitrogens is 1. The van der Waals surface area contributed by atoms with Crippen molar-refractivity contribution in [1.82, 2.24) is 9.88 Å². The molecule has 0 aliphatic heterocycles. The topological polar surface area (TPSA) is 42.4 Å². The predicted molar refractivity (Wildman–Crippen MR) is 136 cm³/mol. The van der Waals surface area contributed by atoms with Crippen molar-refractivity contribution in [2.45, 2.75) is 26.9 Å².